The van der Waals surface area contributed by atoms with Gasteiger partial charge in [-0.1, -0.05) is 31.2 Å². The molecule has 112 valence electrons. The predicted molar refractivity (Wildman–Crippen MR) is 79.2 cm³/mol. The van der Waals surface area contributed by atoms with Crippen LogP contribution in [0.15, 0.2) is 42.5 Å². The maximum atomic E-state index is 13.7. The average molecular weight is 291 g/mol. The lowest BCUT2D eigenvalue weighted by molar-refractivity contribution is 0.317. The molecule has 0 spiro atoms. The molecule has 4 heteroatoms. The summed E-state index contributed by atoms with van der Waals surface area (Å²) in [5.74, 6) is -0.935. The van der Waals surface area contributed by atoms with E-state index in [1.807, 2.05) is 31.2 Å². The Morgan fingerprint density at radius 1 is 1.14 bits per heavy atom. The highest BCUT2D eigenvalue weighted by Gasteiger charge is 2.13. The van der Waals surface area contributed by atoms with Crippen molar-refractivity contribution in [2.24, 2.45) is 5.73 Å². The summed E-state index contributed by atoms with van der Waals surface area (Å²) in [5.41, 5.74) is 7.22. The molecule has 2 rings (SSSR count). The number of benzene rings is 2. The van der Waals surface area contributed by atoms with Gasteiger partial charge in [-0.3, -0.25) is 0 Å². The average Bonchev–Trinajstić information content (AvgIpc) is 2.50. The number of rotatable bonds is 6. The van der Waals surface area contributed by atoms with Crippen LogP contribution in [0.2, 0.25) is 0 Å². The molecule has 1 atom stereocenters. The smallest absolute Gasteiger partial charge is 0.162 e. The number of halogens is 2. The lowest BCUT2D eigenvalue weighted by Gasteiger charge is -2.14. The van der Waals surface area contributed by atoms with Gasteiger partial charge in [0.05, 0.1) is 6.61 Å². The van der Waals surface area contributed by atoms with Crippen molar-refractivity contribution < 1.29 is 13.5 Å². The summed E-state index contributed by atoms with van der Waals surface area (Å²) in [6, 6.07) is 11.1. The minimum atomic E-state index is -0.847. The van der Waals surface area contributed by atoms with Crippen LogP contribution in [0.3, 0.4) is 0 Å². The highest BCUT2D eigenvalue weighted by molar-refractivity contribution is 5.32. The van der Waals surface area contributed by atoms with E-state index in [4.69, 9.17) is 10.5 Å². The van der Waals surface area contributed by atoms with Crippen molar-refractivity contribution >= 4 is 0 Å². The van der Waals surface area contributed by atoms with Gasteiger partial charge in [-0.2, -0.15) is 0 Å². The Morgan fingerprint density at radius 2 is 1.90 bits per heavy atom. The molecule has 0 heterocycles. The first-order valence-electron chi connectivity index (χ1n) is 7.03. The maximum Gasteiger partial charge on any atom is 0.162 e. The quantitative estimate of drug-likeness (QED) is 0.873. The van der Waals surface area contributed by atoms with Crippen molar-refractivity contribution in [1.29, 1.82) is 0 Å². The van der Waals surface area contributed by atoms with Gasteiger partial charge in [0.2, 0.25) is 0 Å². The highest BCUT2D eigenvalue weighted by atomic mass is 19.2. The minimum absolute atomic E-state index is 0.237. The van der Waals surface area contributed by atoms with Crippen LogP contribution in [0, 0.1) is 11.6 Å². The van der Waals surface area contributed by atoms with Gasteiger partial charge in [0.1, 0.15) is 5.75 Å². The number of nitrogens with two attached hydrogens (primary N) is 1. The van der Waals surface area contributed by atoms with Crippen LogP contribution in [0.1, 0.15) is 30.5 Å². The number of hydrogen-bond acceptors (Lipinski definition) is 2. The zero-order chi connectivity index (χ0) is 15.2. The first-order valence-corrected chi connectivity index (χ1v) is 7.03. The van der Waals surface area contributed by atoms with Gasteiger partial charge in [-0.05, 0) is 42.2 Å². The second-order valence-electron chi connectivity index (χ2n) is 4.94. The first kappa shape index (κ1) is 15.4. The predicted octanol–water partition coefficient (Wildman–Crippen LogP) is 4.00. The standard InChI is InChI=1S/C17H19F2NO/c1-2-9-21-14-7-3-5-12(10-14)16(20)11-13-6-4-8-15(18)17(13)19/h3-8,10,16H,2,9,11,20H2,1H3. The van der Waals surface area contributed by atoms with Crippen molar-refractivity contribution in [2.75, 3.05) is 6.61 Å². The van der Waals surface area contributed by atoms with E-state index < -0.39 is 17.7 Å². The lowest BCUT2D eigenvalue weighted by atomic mass is 9.99. The molecule has 0 aliphatic heterocycles. The maximum absolute atomic E-state index is 13.7. The fourth-order valence-corrected chi connectivity index (χ4v) is 2.12. The van der Waals surface area contributed by atoms with E-state index in [0.717, 1.165) is 23.8 Å². The zero-order valence-electron chi connectivity index (χ0n) is 12.0. The Hall–Kier alpha value is -1.94. The SMILES string of the molecule is CCCOc1cccc(C(N)Cc2cccc(F)c2F)c1. The van der Waals surface area contributed by atoms with E-state index in [0.29, 0.717) is 6.61 Å². The molecule has 2 aromatic rings. The topological polar surface area (TPSA) is 35.2 Å². The fourth-order valence-electron chi connectivity index (χ4n) is 2.12. The Bertz CT molecular complexity index is 601. The second kappa shape index (κ2) is 7.18. The van der Waals surface area contributed by atoms with E-state index in [1.54, 1.807) is 6.07 Å². The zero-order valence-corrected chi connectivity index (χ0v) is 12.0. The summed E-state index contributed by atoms with van der Waals surface area (Å²) < 4.78 is 32.4. The molecular weight excluding hydrogens is 272 g/mol. The minimum Gasteiger partial charge on any atom is -0.494 e. The summed E-state index contributed by atoms with van der Waals surface area (Å²) in [7, 11) is 0. The Labute approximate surface area is 123 Å². The highest BCUT2D eigenvalue weighted by Crippen LogP contribution is 2.23. The molecular formula is C17H19F2NO. The molecule has 2 N–H and O–H groups in total. The van der Waals surface area contributed by atoms with Crippen LogP contribution in [0.4, 0.5) is 8.78 Å². The molecule has 0 aliphatic rings. The van der Waals surface area contributed by atoms with Crippen molar-refractivity contribution in [1.82, 2.24) is 0 Å². The molecule has 21 heavy (non-hydrogen) atoms. The molecule has 0 fully saturated rings. The molecule has 2 nitrogen and oxygen atoms in total. The van der Waals surface area contributed by atoms with Crippen LogP contribution in [0.25, 0.3) is 0 Å². The molecule has 0 bridgehead atoms. The van der Waals surface area contributed by atoms with Crippen molar-refractivity contribution in [3.05, 3.63) is 65.2 Å². The van der Waals surface area contributed by atoms with Crippen LogP contribution < -0.4 is 10.5 Å². The third kappa shape index (κ3) is 4.02. The number of ether oxygens (including phenoxy) is 1. The third-order valence-electron chi connectivity index (χ3n) is 3.23. The largest absolute Gasteiger partial charge is 0.494 e. The van der Waals surface area contributed by atoms with Gasteiger partial charge in [0.25, 0.3) is 0 Å². The van der Waals surface area contributed by atoms with E-state index >= 15 is 0 Å². The monoisotopic (exact) mass is 291 g/mol. The van der Waals surface area contributed by atoms with Crippen LogP contribution >= 0.6 is 0 Å². The van der Waals surface area contributed by atoms with Gasteiger partial charge in [0.15, 0.2) is 11.6 Å². The van der Waals surface area contributed by atoms with E-state index in [-0.39, 0.29) is 12.0 Å². The van der Waals surface area contributed by atoms with Crippen LogP contribution in [-0.2, 0) is 6.42 Å². The summed E-state index contributed by atoms with van der Waals surface area (Å²) in [6.45, 7) is 2.67. The second-order valence-corrected chi connectivity index (χ2v) is 4.94. The normalized spacial score (nSPS) is 12.2. The van der Waals surface area contributed by atoms with Crippen molar-refractivity contribution in [3.8, 4) is 5.75 Å². The summed E-state index contributed by atoms with van der Waals surface area (Å²) >= 11 is 0. The number of hydrogen-bond donors (Lipinski definition) is 1. The third-order valence-corrected chi connectivity index (χ3v) is 3.23. The fraction of sp³-hybridized carbons (Fsp3) is 0.294. The summed E-state index contributed by atoms with van der Waals surface area (Å²) in [6.07, 6.45) is 1.16. The summed E-state index contributed by atoms with van der Waals surface area (Å²) in [5, 5.41) is 0. The van der Waals surface area contributed by atoms with E-state index in [9.17, 15) is 8.78 Å². The van der Waals surface area contributed by atoms with Gasteiger partial charge in [0, 0.05) is 6.04 Å². The molecule has 0 amide bonds. The Kier molecular flexibility index (Phi) is 5.28. The van der Waals surface area contributed by atoms with Crippen LogP contribution in [-0.4, -0.2) is 6.61 Å². The molecule has 0 saturated heterocycles. The van der Waals surface area contributed by atoms with Crippen molar-refractivity contribution in [3.63, 3.8) is 0 Å². The molecule has 0 radical (unpaired) electrons. The summed E-state index contributed by atoms with van der Waals surface area (Å²) in [4.78, 5) is 0. The Morgan fingerprint density at radius 3 is 2.67 bits per heavy atom. The van der Waals surface area contributed by atoms with E-state index in [2.05, 4.69) is 0 Å². The first-order chi connectivity index (χ1) is 10.1. The van der Waals surface area contributed by atoms with E-state index in [1.165, 1.54) is 6.07 Å². The molecule has 0 aromatic heterocycles. The molecule has 2 aromatic carbocycles. The molecule has 0 saturated carbocycles. The Balaban J connectivity index is 2.12. The van der Waals surface area contributed by atoms with Crippen LogP contribution in [0.5, 0.6) is 5.75 Å². The lowest BCUT2D eigenvalue weighted by Crippen LogP contribution is -2.14. The van der Waals surface area contributed by atoms with Gasteiger partial charge in [-0.15, -0.1) is 0 Å². The molecule has 1 unspecified atom stereocenters. The van der Waals surface area contributed by atoms with Gasteiger partial charge in [-0.25, -0.2) is 8.78 Å². The molecule has 0 aliphatic carbocycles. The van der Waals surface area contributed by atoms with Gasteiger partial charge >= 0.3 is 0 Å². The van der Waals surface area contributed by atoms with Crippen molar-refractivity contribution in [2.45, 2.75) is 25.8 Å². The van der Waals surface area contributed by atoms with Gasteiger partial charge < -0.3 is 10.5 Å².